The predicted molar refractivity (Wildman–Crippen MR) is 97.2 cm³/mol. The zero-order chi connectivity index (χ0) is 17.7. The van der Waals surface area contributed by atoms with E-state index in [-0.39, 0.29) is 6.61 Å². The minimum absolute atomic E-state index is 0.0395. The maximum Gasteiger partial charge on any atom is 0.316 e. The van der Waals surface area contributed by atoms with Crippen LogP contribution in [0.1, 0.15) is 64.9 Å². The third kappa shape index (κ3) is 8.13. The van der Waals surface area contributed by atoms with Crippen molar-refractivity contribution in [3.8, 4) is 5.75 Å². The lowest BCUT2D eigenvalue weighted by Crippen LogP contribution is -2.42. The van der Waals surface area contributed by atoms with Crippen LogP contribution in [0.5, 0.6) is 5.75 Å². The fraction of sp³-hybridized carbons (Fsp3) is 0.700. The Bertz CT molecular complexity index is 427. The molecule has 0 atom stereocenters. The lowest BCUT2D eigenvalue weighted by Gasteiger charge is -2.27. The van der Waals surface area contributed by atoms with Crippen LogP contribution in [0, 0.1) is 0 Å². The van der Waals surface area contributed by atoms with Gasteiger partial charge in [-0.2, -0.15) is 0 Å². The van der Waals surface area contributed by atoms with Gasteiger partial charge in [0.15, 0.2) is 6.61 Å². The molecule has 0 aliphatic heterocycles. The maximum absolute atomic E-state index is 10.3. The summed E-state index contributed by atoms with van der Waals surface area (Å²) in [5, 5.41) is 10.3. The molecule has 0 aliphatic carbocycles. The highest BCUT2D eigenvalue weighted by Crippen LogP contribution is 2.22. The molecular formula is C20H34O4. The molecule has 1 N–H and O–H groups in total. The summed E-state index contributed by atoms with van der Waals surface area (Å²) in [4.78, 5) is 0. The highest BCUT2D eigenvalue weighted by atomic mass is 16.8. The molecule has 1 aromatic rings. The van der Waals surface area contributed by atoms with Crippen molar-refractivity contribution in [1.82, 2.24) is 0 Å². The molecule has 0 spiro atoms. The van der Waals surface area contributed by atoms with Gasteiger partial charge >= 0.3 is 5.97 Å². The molecule has 0 aromatic heterocycles. The van der Waals surface area contributed by atoms with Crippen molar-refractivity contribution in [1.29, 1.82) is 0 Å². The molecule has 0 amide bonds. The summed E-state index contributed by atoms with van der Waals surface area (Å²) in [7, 11) is 0. The van der Waals surface area contributed by atoms with Crippen molar-refractivity contribution < 1.29 is 19.3 Å². The summed E-state index contributed by atoms with van der Waals surface area (Å²) in [6.45, 7) is 6.55. The molecule has 0 aliphatic rings. The normalized spacial score (nSPS) is 11.7. The monoisotopic (exact) mass is 338 g/mol. The lowest BCUT2D eigenvalue weighted by molar-refractivity contribution is -0.366. The average Bonchev–Trinajstić information content (AvgIpc) is 2.57. The first-order valence-corrected chi connectivity index (χ1v) is 9.36. The molecule has 0 saturated carbocycles. The number of aliphatic hydroxyl groups is 1. The molecule has 0 heterocycles. The summed E-state index contributed by atoms with van der Waals surface area (Å²) in [6, 6.07) is 7.99. The third-order valence-electron chi connectivity index (χ3n) is 3.92. The fourth-order valence-electron chi connectivity index (χ4n) is 2.69. The third-order valence-corrected chi connectivity index (χ3v) is 3.92. The molecule has 4 nitrogen and oxygen atoms in total. The quantitative estimate of drug-likeness (QED) is 0.395. The van der Waals surface area contributed by atoms with Crippen molar-refractivity contribution in [2.75, 3.05) is 19.8 Å². The Hall–Kier alpha value is -1.10. The van der Waals surface area contributed by atoms with Gasteiger partial charge in [-0.3, -0.25) is 0 Å². The number of ether oxygens (including phenoxy) is 3. The number of hydrogen-bond donors (Lipinski definition) is 1. The van der Waals surface area contributed by atoms with Gasteiger partial charge in [-0.05, 0) is 38.3 Å². The standard InChI is InChI=1S/C20H34O4/c1-4-7-8-9-10-11-14-18-15-12-13-16-19(18)22-17-20(21,23-5-2)24-6-3/h12-13,15-16,21H,4-11,14,17H2,1-3H3. The van der Waals surface area contributed by atoms with Crippen molar-refractivity contribution in [3.63, 3.8) is 0 Å². The molecule has 0 radical (unpaired) electrons. The van der Waals surface area contributed by atoms with Gasteiger partial charge in [0.2, 0.25) is 0 Å². The molecule has 138 valence electrons. The van der Waals surface area contributed by atoms with Crippen LogP contribution in [0.2, 0.25) is 0 Å². The second kappa shape index (κ2) is 12.3. The van der Waals surface area contributed by atoms with Crippen LogP contribution >= 0.6 is 0 Å². The number of aryl methyl sites for hydroxylation is 1. The lowest BCUT2D eigenvalue weighted by atomic mass is 10.0. The second-order valence-corrected chi connectivity index (χ2v) is 5.99. The van der Waals surface area contributed by atoms with Crippen LogP contribution in [0.3, 0.4) is 0 Å². The van der Waals surface area contributed by atoms with E-state index in [9.17, 15) is 5.11 Å². The van der Waals surface area contributed by atoms with Gasteiger partial charge in [-0.1, -0.05) is 57.2 Å². The minimum atomic E-state index is -1.68. The summed E-state index contributed by atoms with van der Waals surface area (Å²) in [5.74, 6) is -0.888. The first kappa shape index (κ1) is 20.9. The largest absolute Gasteiger partial charge is 0.485 e. The van der Waals surface area contributed by atoms with Crippen molar-refractivity contribution in [3.05, 3.63) is 29.8 Å². The highest BCUT2D eigenvalue weighted by molar-refractivity contribution is 5.33. The summed E-state index contributed by atoms with van der Waals surface area (Å²) in [6.07, 6.45) is 8.62. The van der Waals surface area contributed by atoms with E-state index in [1.165, 1.54) is 37.7 Å². The van der Waals surface area contributed by atoms with Gasteiger partial charge in [0.25, 0.3) is 0 Å². The first-order chi connectivity index (χ1) is 11.6. The van der Waals surface area contributed by atoms with E-state index < -0.39 is 5.97 Å². The molecule has 4 heteroatoms. The molecule has 0 fully saturated rings. The SMILES string of the molecule is CCCCCCCCc1ccccc1OCC(O)(OCC)OCC. The van der Waals surface area contributed by atoms with Gasteiger partial charge in [0, 0.05) is 13.2 Å². The second-order valence-electron chi connectivity index (χ2n) is 5.99. The van der Waals surface area contributed by atoms with E-state index in [0.717, 1.165) is 18.6 Å². The Morgan fingerprint density at radius 1 is 0.875 bits per heavy atom. The highest BCUT2D eigenvalue weighted by Gasteiger charge is 2.29. The topological polar surface area (TPSA) is 47.9 Å². The van der Waals surface area contributed by atoms with Crippen molar-refractivity contribution >= 4 is 0 Å². The van der Waals surface area contributed by atoms with Gasteiger partial charge in [0.1, 0.15) is 5.75 Å². The van der Waals surface area contributed by atoms with E-state index in [1.54, 1.807) is 0 Å². The predicted octanol–water partition coefficient (Wildman–Crippen LogP) is 4.69. The number of benzene rings is 1. The maximum atomic E-state index is 10.3. The van der Waals surface area contributed by atoms with Crippen LogP contribution in [-0.4, -0.2) is 30.9 Å². The minimum Gasteiger partial charge on any atom is -0.485 e. The summed E-state index contributed by atoms with van der Waals surface area (Å²) in [5.41, 5.74) is 1.17. The average molecular weight is 338 g/mol. The van der Waals surface area contributed by atoms with E-state index in [2.05, 4.69) is 13.0 Å². The summed E-state index contributed by atoms with van der Waals surface area (Å²) >= 11 is 0. The number of rotatable bonds is 14. The molecular weight excluding hydrogens is 304 g/mol. The molecule has 0 saturated heterocycles. The zero-order valence-electron chi connectivity index (χ0n) is 15.6. The van der Waals surface area contributed by atoms with Gasteiger partial charge < -0.3 is 19.3 Å². The first-order valence-electron chi connectivity index (χ1n) is 9.36. The van der Waals surface area contributed by atoms with Crippen LogP contribution < -0.4 is 4.74 Å². The smallest absolute Gasteiger partial charge is 0.316 e. The molecule has 0 unspecified atom stereocenters. The number of para-hydroxylation sites is 1. The number of hydrogen-bond acceptors (Lipinski definition) is 4. The Labute approximate surface area is 147 Å². The summed E-state index contributed by atoms with van der Waals surface area (Å²) < 4.78 is 16.4. The Morgan fingerprint density at radius 2 is 1.50 bits per heavy atom. The fourth-order valence-corrected chi connectivity index (χ4v) is 2.69. The van der Waals surface area contributed by atoms with Gasteiger partial charge in [0.05, 0.1) is 0 Å². The van der Waals surface area contributed by atoms with Crippen LogP contribution in [0.25, 0.3) is 0 Å². The molecule has 24 heavy (non-hydrogen) atoms. The molecule has 1 aromatic carbocycles. The molecule has 1 rings (SSSR count). The molecule has 0 bridgehead atoms. The van der Waals surface area contributed by atoms with Crippen LogP contribution in [-0.2, 0) is 15.9 Å². The van der Waals surface area contributed by atoms with Crippen molar-refractivity contribution in [2.45, 2.75) is 71.7 Å². The van der Waals surface area contributed by atoms with Gasteiger partial charge in [-0.25, -0.2) is 0 Å². The van der Waals surface area contributed by atoms with E-state index in [1.807, 2.05) is 32.0 Å². The Morgan fingerprint density at radius 3 is 2.17 bits per heavy atom. The van der Waals surface area contributed by atoms with Gasteiger partial charge in [-0.15, -0.1) is 0 Å². The Kier molecular flexibility index (Phi) is 10.7. The number of unbranched alkanes of at least 4 members (excludes halogenated alkanes) is 5. The van der Waals surface area contributed by atoms with Crippen molar-refractivity contribution in [2.24, 2.45) is 0 Å². The van der Waals surface area contributed by atoms with Crippen LogP contribution in [0.15, 0.2) is 24.3 Å². The Balaban J connectivity index is 2.50. The van der Waals surface area contributed by atoms with E-state index in [0.29, 0.717) is 13.2 Å². The van der Waals surface area contributed by atoms with Crippen LogP contribution in [0.4, 0.5) is 0 Å². The van der Waals surface area contributed by atoms with E-state index in [4.69, 9.17) is 14.2 Å². The zero-order valence-corrected chi connectivity index (χ0v) is 15.6. The van der Waals surface area contributed by atoms with E-state index >= 15 is 0 Å².